The molecular weight excluding hydrogens is 505 g/mol. The normalized spacial score (nSPS) is 28.9. The summed E-state index contributed by atoms with van der Waals surface area (Å²) in [6.07, 6.45) is 3.31. The van der Waals surface area contributed by atoms with Crippen LogP contribution in [0.1, 0.15) is 75.7 Å². The average molecular weight is 543 g/mol. The van der Waals surface area contributed by atoms with Gasteiger partial charge in [-0.15, -0.1) is 0 Å². The fourth-order valence-corrected chi connectivity index (χ4v) is 6.54. The Hall–Kier alpha value is -2.79. The summed E-state index contributed by atoms with van der Waals surface area (Å²) in [6, 6.07) is 5.11. The first-order valence-electron chi connectivity index (χ1n) is 13.9. The minimum absolute atomic E-state index is 0.0323. The van der Waals surface area contributed by atoms with Crippen LogP contribution < -0.4 is 10.1 Å². The molecule has 1 heterocycles. The third kappa shape index (κ3) is 5.35. The Balaban J connectivity index is 1.30. The Labute approximate surface area is 229 Å². The summed E-state index contributed by atoms with van der Waals surface area (Å²) < 4.78 is 33.7. The molecule has 0 spiro atoms. The van der Waals surface area contributed by atoms with Gasteiger partial charge in [0.15, 0.2) is 0 Å². The van der Waals surface area contributed by atoms with Crippen LogP contribution in [0.15, 0.2) is 18.2 Å². The first-order valence-corrected chi connectivity index (χ1v) is 13.9. The number of esters is 1. The molecule has 5 atom stereocenters. The van der Waals surface area contributed by atoms with Gasteiger partial charge in [0.25, 0.3) is 0 Å². The van der Waals surface area contributed by atoms with Crippen LogP contribution in [0.2, 0.25) is 0 Å². The van der Waals surface area contributed by atoms with Gasteiger partial charge in [-0.3, -0.25) is 4.79 Å². The van der Waals surface area contributed by atoms with Gasteiger partial charge in [-0.05, 0) is 67.9 Å². The maximum atomic E-state index is 12.8. The second kappa shape index (κ2) is 10.7. The Morgan fingerprint density at radius 1 is 1.15 bits per heavy atom. The summed E-state index contributed by atoms with van der Waals surface area (Å²) in [5.41, 5.74) is 0.627. The van der Waals surface area contributed by atoms with Crippen LogP contribution in [-0.2, 0) is 34.7 Å². The van der Waals surface area contributed by atoms with Gasteiger partial charge >= 0.3 is 19.2 Å². The van der Waals surface area contributed by atoms with Crippen molar-refractivity contribution in [2.75, 3.05) is 13.9 Å². The first kappa shape index (κ1) is 27.8. The van der Waals surface area contributed by atoms with Crippen molar-refractivity contribution in [2.24, 2.45) is 17.3 Å². The van der Waals surface area contributed by atoms with Crippen molar-refractivity contribution in [3.05, 3.63) is 29.3 Å². The average Bonchev–Trinajstić information content (AvgIpc) is 3.64. The first-order chi connectivity index (χ1) is 18.6. The molecule has 1 amide bonds. The molecule has 2 bridgehead atoms. The number of methoxy groups -OCH3 is 1. The highest BCUT2D eigenvalue weighted by Gasteiger charge is 2.68. The molecule has 6 rings (SSSR count). The molecule has 11 heteroatoms. The molecular formula is C28H38BNO9. The van der Waals surface area contributed by atoms with Crippen LogP contribution >= 0.6 is 0 Å². The van der Waals surface area contributed by atoms with Crippen LogP contribution in [0, 0.1) is 17.3 Å². The number of para-hydroxylation sites is 1. The van der Waals surface area contributed by atoms with E-state index in [-0.39, 0.29) is 29.1 Å². The lowest BCUT2D eigenvalue weighted by atomic mass is 9.43. The van der Waals surface area contributed by atoms with Crippen molar-refractivity contribution in [3.8, 4) is 5.75 Å². The standard InChI is InChI=1S/C28H38BNO9/c1-6-23(31)30-22(29-38-21-14-17-13-20(27(17,2)3)28(21,4)39-29)12-16-8-7-9-19(24(16)34-5)25(32)35-15-36-26(33)37-18-10-11-18/h7-9,17-18,20-22H,6,10-15H2,1-5H3,(H,30,31). The molecule has 1 aromatic carbocycles. The number of benzene rings is 1. The van der Waals surface area contributed by atoms with Gasteiger partial charge in [-0.1, -0.05) is 32.9 Å². The lowest BCUT2D eigenvalue weighted by Gasteiger charge is -2.64. The Bertz CT molecular complexity index is 1120. The molecule has 1 saturated heterocycles. The number of carbonyl (C=O) groups is 3. The van der Waals surface area contributed by atoms with Crippen molar-refractivity contribution >= 4 is 25.2 Å². The number of rotatable bonds is 10. The molecule has 1 N–H and O–H groups in total. The third-order valence-electron chi connectivity index (χ3n) is 9.08. The minimum Gasteiger partial charge on any atom is -0.496 e. The highest BCUT2D eigenvalue weighted by Crippen LogP contribution is 2.65. The second-order valence-electron chi connectivity index (χ2n) is 11.8. The lowest BCUT2D eigenvalue weighted by molar-refractivity contribution is -0.199. The number of nitrogens with one attached hydrogen (secondary N) is 1. The predicted octanol–water partition coefficient (Wildman–Crippen LogP) is 3.83. The number of ether oxygens (including phenoxy) is 4. The smallest absolute Gasteiger partial charge is 0.496 e. The number of carbonyl (C=O) groups excluding carboxylic acids is 3. The zero-order chi connectivity index (χ0) is 27.9. The molecule has 212 valence electrons. The molecule has 5 unspecified atom stereocenters. The zero-order valence-corrected chi connectivity index (χ0v) is 23.3. The van der Waals surface area contributed by atoms with Crippen LogP contribution in [0.25, 0.3) is 0 Å². The Morgan fingerprint density at radius 2 is 1.92 bits per heavy atom. The van der Waals surface area contributed by atoms with E-state index in [1.807, 2.05) is 6.07 Å². The zero-order valence-electron chi connectivity index (χ0n) is 23.3. The summed E-state index contributed by atoms with van der Waals surface area (Å²) in [7, 11) is 0.823. The highest BCUT2D eigenvalue weighted by atomic mass is 16.8. The number of amides is 1. The maximum absolute atomic E-state index is 12.8. The van der Waals surface area contributed by atoms with Gasteiger partial charge < -0.3 is 33.6 Å². The predicted molar refractivity (Wildman–Crippen MR) is 140 cm³/mol. The van der Waals surface area contributed by atoms with Gasteiger partial charge in [0.2, 0.25) is 12.7 Å². The fraction of sp³-hybridized carbons (Fsp3) is 0.679. The molecule has 0 radical (unpaired) electrons. The molecule has 39 heavy (non-hydrogen) atoms. The van der Waals surface area contributed by atoms with E-state index < -0.39 is 37.6 Å². The van der Waals surface area contributed by atoms with Gasteiger partial charge in [0, 0.05) is 6.42 Å². The molecule has 1 aromatic rings. The Morgan fingerprint density at radius 3 is 2.59 bits per heavy atom. The van der Waals surface area contributed by atoms with Gasteiger partial charge in [0.05, 0.1) is 24.8 Å². The molecule has 0 aromatic heterocycles. The van der Waals surface area contributed by atoms with E-state index >= 15 is 0 Å². The molecule has 1 aliphatic heterocycles. The van der Waals surface area contributed by atoms with Crippen molar-refractivity contribution in [2.45, 2.75) is 90.0 Å². The molecule has 10 nitrogen and oxygen atoms in total. The van der Waals surface area contributed by atoms with Crippen molar-refractivity contribution < 1.29 is 42.6 Å². The van der Waals surface area contributed by atoms with Crippen molar-refractivity contribution in [3.63, 3.8) is 0 Å². The summed E-state index contributed by atoms with van der Waals surface area (Å²) in [5, 5.41) is 3.07. The lowest BCUT2D eigenvalue weighted by Crippen LogP contribution is -2.65. The van der Waals surface area contributed by atoms with Crippen LogP contribution in [-0.4, -0.2) is 62.8 Å². The highest BCUT2D eigenvalue weighted by molar-refractivity contribution is 6.48. The van der Waals surface area contributed by atoms with Crippen LogP contribution in [0.4, 0.5) is 4.79 Å². The maximum Gasteiger partial charge on any atom is 0.511 e. The van der Waals surface area contributed by atoms with E-state index in [0.717, 1.165) is 25.7 Å². The van der Waals surface area contributed by atoms with E-state index in [2.05, 4.69) is 26.1 Å². The fourth-order valence-electron chi connectivity index (χ4n) is 6.54. The SMILES string of the molecule is CCC(=O)NC(Cc1cccc(C(=O)OCOC(=O)OC2CC2)c1OC)B1OC2CC3CC(C3(C)C)C2(C)O1. The van der Waals surface area contributed by atoms with E-state index in [0.29, 0.717) is 36.0 Å². The van der Waals surface area contributed by atoms with Crippen molar-refractivity contribution in [1.82, 2.24) is 5.32 Å². The largest absolute Gasteiger partial charge is 0.511 e. The molecule has 4 saturated carbocycles. The summed E-state index contributed by atoms with van der Waals surface area (Å²) >= 11 is 0. The van der Waals surface area contributed by atoms with Gasteiger partial charge in [0.1, 0.15) is 17.4 Å². The van der Waals surface area contributed by atoms with Gasteiger partial charge in [-0.25, -0.2) is 9.59 Å². The van der Waals surface area contributed by atoms with Crippen LogP contribution in [0.3, 0.4) is 0 Å². The summed E-state index contributed by atoms with van der Waals surface area (Å²) in [4.78, 5) is 37.0. The quantitative estimate of drug-likeness (QED) is 0.267. The molecule has 5 fully saturated rings. The topological polar surface area (TPSA) is 119 Å². The van der Waals surface area contributed by atoms with E-state index in [9.17, 15) is 14.4 Å². The second-order valence-corrected chi connectivity index (χ2v) is 11.8. The van der Waals surface area contributed by atoms with E-state index in [1.54, 1.807) is 19.1 Å². The van der Waals surface area contributed by atoms with Crippen molar-refractivity contribution in [1.29, 1.82) is 0 Å². The Kier molecular flexibility index (Phi) is 7.58. The van der Waals surface area contributed by atoms with E-state index in [1.165, 1.54) is 7.11 Å². The monoisotopic (exact) mass is 543 g/mol. The summed E-state index contributed by atoms with van der Waals surface area (Å²) in [6.45, 7) is 7.96. The number of hydrogen-bond donors (Lipinski definition) is 1. The van der Waals surface area contributed by atoms with E-state index in [4.69, 9.17) is 28.3 Å². The molecule has 5 aliphatic rings. The van der Waals surface area contributed by atoms with Gasteiger partial charge in [-0.2, -0.15) is 0 Å². The minimum atomic E-state index is -0.868. The summed E-state index contributed by atoms with van der Waals surface area (Å²) in [5.74, 6) is -0.0334. The molecule has 4 aliphatic carbocycles. The third-order valence-corrected chi connectivity index (χ3v) is 9.08. The van der Waals surface area contributed by atoms with Crippen LogP contribution in [0.5, 0.6) is 5.75 Å². The number of hydrogen-bond acceptors (Lipinski definition) is 9.